The first-order chi connectivity index (χ1) is 20.8. The zero-order chi connectivity index (χ0) is 30.0. The van der Waals surface area contributed by atoms with E-state index in [1.54, 1.807) is 10.9 Å². The van der Waals surface area contributed by atoms with E-state index in [4.69, 9.17) is 9.16 Å². The Labute approximate surface area is 252 Å². The van der Waals surface area contributed by atoms with Gasteiger partial charge in [-0.3, -0.25) is 4.57 Å². The van der Waals surface area contributed by atoms with Gasteiger partial charge in [-0.1, -0.05) is 112 Å². The van der Waals surface area contributed by atoms with Gasteiger partial charge in [0, 0.05) is 6.54 Å². The second kappa shape index (κ2) is 12.0. The van der Waals surface area contributed by atoms with Crippen LogP contribution in [-0.4, -0.2) is 63.0 Å². The second-order valence-corrected chi connectivity index (χ2v) is 16.2. The van der Waals surface area contributed by atoms with Crippen molar-refractivity contribution in [2.24, 2.45) is 0 Å². The number of rotatable bonds is 9. The van der Waals surface area contributed by atoms with Gasteiger partial charge in [-0.15, -0.1) is 0 Å². The van der Waals surface area contributed by atoms with Gasteiger partial charge in [0.2, 0.25) is 0 Å². The number of benzene rings is 3. The van der Waals surface area contributed by atoms with Crippen molar-refractivity contribution in [3.63, 3.8) is 0 Å². The fourth-order valence-electron chi connectivity index (χ4n) is 6.01. The summed E-state index contributed by atoms with van der Waals surface area (Å²) >= 11 is 0. The molecule has 0 spiro atoms. The molecular formula is C33H37N5O4Si. The molecule has 0 unspecified atom stereocenters. The lowest BCUT2D eigenvalue weighted by atomic mass is 10.1. The lowest BCUT2D eigenvalue weighted by molar-refractivity contribution is -0.0486. The predicted molar refractivity (Wildman–Crippen MR) is 169 cm³/mol. The topological polar surface area (TPSA) is 115 Å². The second-order valence-electron chi connectivity index (χ2n) is 11.9. The van der Waals surface area contributed by atoms with E-state index in [-0.39, 0.29) is 11.6 Å². The first-order valence-corrected chi connectivity index (χ1v) is 16.4. The molecule has 10 heteroatoms. The Morgan fingerprint density at radius 3 is 2.05 bits per heavy atom. The van der Waals surface area contributed by atoms with Gasteiger partial charge in [0.15, 0.2) is 23.2 Å². The monoisotopic (exact) mass is 595 g/mol. The number of nitrogens with one attached hydrogen (secondary N) is 1. The standard InChI is InChI=1S/C33H37N5O4Si/c1-33(2,3)43(24-15-9-5-10-16-24,25-17-11-6-12-18-25)41-20-26-28(39)29(40)32(42-26)38-22-37-27-30(35-21-36-31(27)38)34-19-23-13-7-4-8-14-23/h4-18,21-22,26,28-29,32,39-40H,19-20H2,1-3H3,(H,34,35,36)/t26-,28-,29-,32-/m1/s1. The lowest BCUT2D eigenvalue weighted by Crippen LogP contribution is -2.67. The third kappa shape index (κ3) is 5.48. The number of nitrogens with zero attached hydrogens (tertiary/aromatic N) is 4. The maximum absolute atomic E-state index is 11.2. The zero-order valence-electron chi connectivity index (χ0n) is 24.5. The molecule has 4 atom stereocenters. The largest absolute Gasteiger partial charge is 0.405 e. The Bertz CT molecular complexity index is 1610. The molecule has 6 rings (SSSR count). The Balaban J connectivity index is 1.26. The van der Waals surface area contributed by atoms with Crippen molar-refractivity contribution >= 4 is 35.7 Å². The Kier molecular flexibility index (Phi) is 8.12. The van der Waals surface area contributed by atoms with Gasteiger partial charge in [0.1, 0.15) is 24.6 Å². The van der Waals surface area contributed by atoms with Crippen molar-refractivity contribution in [1.82, 2.24) is 19.5 Å². The minimum Gasteiger partial charge on any atom is -0.405 e. The predicted octanol–water partition coefficient (Wildman–Crippen LogP) is 3.63. The van der Waals surface area contributed by atoms with Crippen molar-refractivity contribution in [3.05, 3.63) is 109 Å². The van der Waals surface area contributed by atoms with Crippen LogP contribution in [-0.2, 0) is 15.7 Å². The molecule has 3 heterocycles. The number of imidazole rings is 1. The van der Waals surface area contributed by atoms with E-state index in [1.807, 2.05) is 66.7 Å². The Hall–Kier alpha value is -3.93. The van der Waals surface area contributed by atoms with Gasteiger partial charge >= 0.3 is 0 Å². The molecule has 1 aliphatic heterocycles. The Morgan fingerprint density at radius 2 is 1.44 bits per heavy atom. The molecule has 0 amide bonds. The molecule has 5 aromatic rings. The molecule has 0 saturated carbocycles. The smallest absolute Gasteiger partial charge is 0.261 e. The van der Waals surface area contributed by atoms with Crippen LogP contribution in [0.1, 0.15) is 32.6 Å². The number of hydrogen-bond donors (Lipinski definition) is 3. The summed E-state index contributed by atoms with van der Waals surface area (Å²) < 4.78 is 15.0. The summed E-state index contributed by atoms with van der Waals surface area (Å²) in [4.78, 5) is 13.4. The van der Waals surface area contributed by atoms with Crippen LogP contribution in [0, 0.1) is 0 Å². The highest BCUT2D eigenvalue weighted by Crippen LogP contribution is 2.38. The number of hydrogen-bond acceptors (Lipinski definition) is 8. The highest BCUT2D eigenvalue weighted by atomic mass is 28.4. The number of anilines is 1. The van der Waals surface area contributed by atoms with Crippen molar-refractivity contribution in [2.75, 3.05) is 11.9 Å². The fourth-order valence-corrected chi connectivity index (χ4v) is 10.6. The zero-order valence-corrected chi connectivity index (χ0v) is 25.5. The summed E-state index contributed by atoms with van der Waals surface area (Å²) in [5, 5.41) is 27.7. The summed E-state index contributed by atoms with van der Waals surface area (Å²) in [6.07, 6.45) is -1.02. The van der Waals surface area contributed by atoms with Gasteiger partial charge < -0.3 is 24.7 Å². The van der Waals surface area contributed by atoms with Gasteiger partial charge in [0.25, 0.3) is 8.32 Å². The SMILES string of the molecule is CC(C)(C)[Si](OC[C@H]1O[C@@H](n2cnc3c(NCc4ccccc4)ncnc32)[C@H](O)[C@@H]1O)(c1ccccc1)c1ccccc1. The maximum atomic E-state index is 11.2. The minimum absolute atomic E-state index is 0.105. The van der Waals surface area contributed by atoms with E-state index in [2.05, 4.69) is 65.3 Å². The molecule has 3 aromatic carbocycles. The molecule has 2 aromatic heterocycles. The van der Waals surface area contributed by atoms with Crippen molar-refractivity contribution in [1.29, 1.82) is 0 Å². The van der Waals surface area contributed by atoms with Crippen LogP contribution in [0.25, 0.3) is 11.2 Å². The van der Waals surface area contributed by atoms with Crippen LogP contribution in [0.15, 0.2) is 104 Å². The first kappa shape index (κ1) is 29.2. The van der Waals surface area contributed by atoms with Crippen LogP contribution in [0.2, 0.25) is 5.04 Å². The summed E-state index contributed by atoms with van der Waals surface area (Å²) in [7, 11) is -2.87. The fraction of sp³-hybridized carbons (Fsp3) is 0.303. The van der Waals surface area contributed by atoms with E-state index >= 15 is 0 Å². The number of aromatic nitrogens is 4. The molecule has 3 N–H and O–H groups in total. The number of aliphatic hydroxyl groups excluding tert-OH is 2. The molecule has 9 nitrogen and oxygen atoms in total. The lowest BCUT2D eigenvalue weighted by Gasteiger charge is -2.43. The number of fused-ring (bicyclic) bond motifs is 1. The van der Waals surface area contributed by atoms with Gasteiger partial charge in [0.05, 0.1) is 12.9 Å². The molecule has 1 saturated heterocycles. The van der Waals surface area contributed by atoms with Crippen LogP contribution >= 0.6 is 0 Å². The van der Waals surface area contributed by atoms with Crippen LogP contribution in [0.4, 0.5) is 5.82 Å². The van der Waals surface area contributed by atoms with Gasteiger partial charge in [-0.2, -0.15) is 0 Å². The third-order valence-electron chi connectivity index (χ3n) is 8.15. The molecule has 1 aliphatic rings. The Morgan fingerprint density at radius 1 is 0.837 bits per heavy atom. The van der Waals surface area contributed by atoms with Crippen LogP contribution in [0.3, 0.4) is 0 Å². The van der Waals surface area contributed by atoms with Gasteiger partial charge in [-0.05, 0) is 21.0 Å². The average molecular weight is 596 g/mol. The van der Waals surface area contributed by atoms with Crippen LogP contribution in [0.5, 0.6) is 0 Å². The summed E-state index contributed by atoms with van der Waals surface area (Å²) in [6, 6.07) is 30.6. The quantitative estimate of drug-likeness (QED) is 0.222. The van der Waals surface area contributed by atoms with Crippen molar-refractivity contribution in [2.45, 2.75) is 56.9 Å². The molecule has 0 bridgehead atoms. The normalized spacial score (nSPS) is 20.9. The summed E-state index contributed by atoms with van der Waals surface area (Å²) in [5.74, 6) is 0.576. The van der Waals surface area contributed by atoms with E-state index in [0.717, 1.165) is 15.9 Å². The third-order valence-corrected chi connectivity index (χ3v) is 13.2. The van der Waals surface area contributed by atoms with E-state index < -0.39 is 32.9 Å². The molecule has 0 aliphatic carbocycles. The molecule has 0 radical (unpaired) electrons. The first-order valence-electron chi connectivity index (χ1n) is 14.5. The highest BCUT2D eigenvalue weighted by Gasteiger charge is 2.52. The van der Waals surface area contributed by atoms with E-state index in [1.165, 1.54) is 6.33 Å². The molecule has 1 fully saturated rings. The van der Waals surface area contributed by atoms with E-state index in [0.29, 0.717) is 23.5 Å². The van der Waals surface area contributed by atoms with Crippen molar-refractivity contribution in [3.8, 4) is 0 Å². The maximum Gasteiger partial charge on any atom is 0.261 e. The van der Waals surface area contributed by atoms with Gasteiger partial charge in [-0.25, -0.2) is 15.0 Å². The number of ether oxygens (including phenoxy) is 1. The van der Waals surface area contributed by atoms with E-state index in [9.17, 15) is 10.2 Å². The number of aliphatic hydroxyl groups is 2. The highest BCUT2D eigenvalue weighted by molar-refractivity contribution is 6.99. The summed E-state index contributed by atoms with van der Waals surface area (Å²) in [5.41, 5.74) is 2.15. The molecule has 43 heavy (non-hydrogen) atoms. The minimum atomic E-state index is -2.87. The molecule has 222 valence electrons. The summed E-state index contributed by atoms with van der Waals surface area (Å²) in [6.45, 7) is 7.27. The van der Waals surface area contributed by atoms with Crippen molar-refractivity contribution < 1.29 is 19.4 Å². The van der Waals surface area contributed by atoms with Crippen LogP contribution < -0.4 is 15.7 Å². The molecular weight excluding hydrogens is 558 g/mol. The average Bonchev–Trinajstić information content (AvgIpc) is 3.58.